The van der Waals surface area contributed by atoms with Crippen LogP contribution in [0, 0.1) is 29.6 Å². The normalized spacial score (nSPS) is 24.3. The topological polar surface area (TPSA) is 104 Å². The molecule has 3 N–H and O–H groups in total. The number of fused-ring (bicyclic) bond motifs is 3. The summed E-state index contributed by atoms with van der Waals surface area (Å²) in [6, 6.07) is 8.44. The number of hydrogen-bond acceptors (Lipinski definition) is 6. The van der Waals surface area contributed by atoms with Gasteiger partial charge in [-0.2, -0.15) is 4.39 Å². The van der Waals surface area contributed by atoms with Crippen LogP contribution in [0.4, 0.5) is 20.9 Å². The predicted molar refractivity (Wildman–Crippen MR) is 111 cm³/mol. The average molecular weight is 424 g/mol. The van der Waals surface area contributed by atoms with Crippen molar-refractivity contribution < 1.29 is 19.1 Å². The molecule has 5 rings (SSSR count). The molecule has 2 aromatic heterocycles. The molecule has 4 unspecified atom stereocenters. The van der Waals surface area contributed by atoms with Gasteiger partial charge in [-0.15, -0.1) is 0 Å². The Kier molecular flexibility index (Phi) is 4.47. The number of carboxylic acids is 1. The largest absolute Gasteiger partial charge is 0.481 e. The number of pyridine rings is 1. The Bertz CT molecular complexity index is 1190. The fourth-order valence-corrected chi connectivity index (χ4v) is 5.32. The molecule has 0 spiro atoms. The average Bonchev–Trinajstić information content (AvgIpc) is 3.41. The van der Waals surface area contributed by atoms with E-state index in [1.54, 1.807) is 6.07 Å². The van der Waals surface area contributed by atoms with E-state index in [2.05, 4.69) is 20.6 Å². The van der Waals surface area contributed by atoms with Gasteiger partial charge in [0, 0.05) is 23.6 Å². The van der Waals surface area contributed by atoms with Crippen LogP contribution in [0.25, 0.3) is 10.2 Å². The Morgan fingerprint density at radius 3 is 2.63 bits per heavy atom. The highest BCUT2D eigenvalue weighted by atomic mass is 32.1. The number of carbonyl (C=O) groups is 2. The smallest absolute Gasteiger partial charge is 0.307 e. The monoisotopic (exact) mass is 424 g/mol. The molecule has 2 aliphatic rings. The molecule has 1 aromatic carbocycles. The molecule has 2 heterocycles. The molecule has 1 saturated carbocycles. The summed E-state index contributed by atoms with van der Waals surface area (Å²) in [5, 5.41) is 15.9. The highest BCUT2D eigenvalue weighted by Gasteiger charge is 2.51. The molecule has 152 valence electrons. The molecule has 2 aliphatic carbocycles. The lowest BCUT2D eigenvalue weighted by atomic mass is 9.82. The minimum Gasteiger partial charge on any atom is -0.481 e. The van der Waals surface area contributed by atoms with Crippen molar-refractivity contribution in [2.75, 3.05) is 10.6 Å². The second-order valence-electron chi connectivity index (χ2n) is 7.52. The number of thiazole rings is 1. The molecular formula is C21H17FN4O3S. The fraction of sp³-hybridized carbons (Fsp3) is 0.238. The van der Waals surface area contributed by atoms with Crippen molar-refractivity contribution in [3.05, 3.63) is 54.6 Å². The number of allylic oxidation sites excluding steroid dienone is 2. The SMILES string of the molecule is O=C(O)C1C2C=CC(C2)C1C(=O)Nc1nc2ccc(Nc3ccnc(F)c3)cc2s1. The van der Waals surface area contributed by atoms with E-state index < -0.39 is 23.8 Å². The molecule has 0 saturated heterocycles. The number of carbonyl (C=O) groups excluding carboxylic acids is 1. The summed E-state index contributed by atoms with van der Waals surface area (Å²) in [5.41, 5.74) is 2.03. The van der Waals surface area contributed by atoms with Gasteiger partial charge in [0.05, 0.1) is 22.1 Å². The van der Waals surface area contributed by atoms with E-state index in [0.29, 0.717) is 22.8 Å². The van der Waals surface area contributed by atoms with Gasteiger partial charge in [0.15, 0.2) is 5.13 Å². The van der Waals surface area contributed by atoms with Crippen LogP contribution < -0.4 is 10.6 Å². The molecule has 9 heteroatoms. The zero-order valence-electron chi connectivity index (χ0n) is 15.6. The number of amides is 1. The first-order valence-corrected chi connectivity index (χ1v) is 10.3. The lowest BCUT2D eigenvalue weighted by Gasteiger charge is -2.23. The Balaban J connectivity index is 1.35. The van der Waals surface area contributed by atoms with Crippen LogP contribution in [0.2, 0.25) is 0 Å². The minimum absolute atomic E-state index is 0.0398. The van der Waals surface area contributed by atoms with Gasteiger partial charge in [-0.3, -0.25) is 9.59 Å². The van der Waals surface area contributed by atoms with Crippen LogP contribution in [0.3, 0.4) is 0 Å². The van der Waals surface area contributed by atoms with E-state index >= 15 is 0 Å². The Hall–Kier alpha value is -3.33. The summed E-state index contributed by atoms with van der Waals surface area (Å²) in [7, 11) is 0. The van der Waals surface area contributed by atoms with Crippen LogP contribution in [0.5, 0.6) is 0 Å². The number of rotatable bonds is 5. The molecule has 1 amide bonds. The Morgan fingerprint density at radius 1 is 1.10 bits per heavy atom. The maximum absolute atomic E-state index is 13.3. The predicted octanol–water partition coefficient (Wildman–Crippen LogP) is 4.04. The van der Waals surface area contributed by atoms with Gasteiger partial charge in [-0.1, -0.05) is 23.5 Å². The van der Waals surface area contributed by atoms with Gasteiger partial charge < -0.3 is 15.7 Å². The Morgan fingerprint density at radius 2 is 1.87 bits per heavy atom. The molecule has 1 fully saturated rings. The number of benzene rings is 1. The standard InChI is InChI=1S/C21H17FN4O3S/c22-16-9-13(5-6-23-16)24-12-3-4-14-15(8-12)30-21(25-14)26-19(27)17-10-1-2-11(7-10)18(17)20(28)29/h1-6,8-11,17-18H,7H2,(H,23,24)(H,28,29)(H,25,26,27). The van der Waals surface area contributed by atoms with Crippen molar-refractivity contribution in [2.45, 2.75) is 6.42 Å². The lowest BCUT2D eigenvalue weighted by molar-refractivity contribution is -0.146. The Labute approximate surface area is 174 Å². The number of aromatic nitrogens is 2. The molecule has 0 radical (unpaired) electrons. The van der Waals surface area contributed by atoms with Gasteiger partial charge in [0.1, 0.15) is 0 Å². The molecule has 2 bridgehead atoms. The summed E-state index contributed by atoms with van der Waals surface area (Å²) in [5.74, 6) is -3.19. The quantitative estimate of drug-likeness (QED) is 0.422. The van der Waals surface area contributed by atoms with Crippen molar-refractivity contribution >= 4 is 49.9 Å². The third-order valence-corrected chi connectivity index (χ3v) is 6.61. The third-order valence-electron chi connectivity index (χ3n) is 5.68. The van der Waals surface area contributed by atoms with Gasteiger partial charge in [-0.25, -0.2) is 9.97 Å². The van der Waals surface area contributed by atoms with Crippen LogP contribution in [-0.2, 0) is 9.59 Å². The minimum atomic E-state index is -0.931. The maximum atomic E-state index is 13.3. The van der Waals surface area contributed by atoms with E-state index in [9.17, 15) is 19.1 Å². The van der Waals surface area contributed by atoms with Crippen LogP contribution >= 0.6 is 11.3 Å². The van der Waals surface area contributed by atoms with Crippen LogP contribution in [0.15, 0.2) is 48.7 Å². The summed E-state index contributed by atoms with van der Waals surface area (Å²) in [6.07, 6.45) is 5.95. The van der Waals surface area contributed by atoms with Gasteiger partial charge >= 0.3 is 5.97 Å². The van der Waals surface area contributed by atoms with E-state index in [1.165, 1.54) is 23.6 Å². The number of halogens is 1. The van der Waals surface area contributed by atoms with Crippen LogP contribution in [0.1, 0.15) is 6.42 Å². The molecule has 3 aromatic rings. The van der Waals surface area contributed by atoms with Gasteiger partial charge in [0.25, 0.3) is 0 Å². The summed E-state index contributed by atoms with van der Waals surface area (Å²) in [6.45, 7) is 0. The van der Waals surface area contributed by atoms with Crippen molar-refractivity contribution in [1.82, 2.24) is 9.97 Å². The van der Waals surface area contributed by atoms with E-state index in [4.69, 9.17) is 0 Å². The first-order chi connectivity index (χ1) is 14.5. The van der Waals surface area contributed by atoms with Crippen LogP contribution in [-0.4, -0.2) is 27.0 Å². The summed E-state index contributed by atoms with van der Waals surface area (Å²) in [4.78, 5) is 32.5. The fourth-order valence-electron chi connectivity index (χ4n) is 4.41. The molecule has 0 aliphatic heterocycles. The molecular weight excluding hydrogens is 407 g/mol. The summed E-state index contributed by atoms with van der Waals surface area (Å²) < 4.78 is 14.1. The van der Waals surface area contributed by atoms with E-state index in [1.807, 2.05) is 30.4 Å². The van der Waals surface area contributed by atoms with Gasteiger partial charge in [-0.05, 0) is 42.5 Å². The second-order valence-corrected chi connectivity index (χ2v) is 8.55. The molecule has 30 heavy (non-hydrogen) atoms. The zero-order valence-corrected chi connectivity index (χ0v) is 16.4. The number of aliphatic carboxylic acids is 1. The molecule has 4 atom stereocenters. The first kappa shape index (κ1) is 18.7. The molecule has 7 nitrogen and oxygen atoms in total. The van der Waals surface area contributed by atoms with Gasteiger partial charge in [0.2, 0.25) is 11.9 Å². The summed E-state index contributed by atoms with van der Waals surface area (Å²) >= 11 is 1.31. The third kappa shape index (κ3) is 3.30. The first-order valence-electron chi connectivity index (χ1n) is 9.49. The van der Waals surface area contributed by atoms with E-state index in [0.717, 1.165) is 10.4 Å². The van der Waals surface area contributed by atoms with Crippen molar-refractivity contribution in [1.29, 1.82) is 0 Å². The number of nitrogens with one attached hydrogen (secondary N) is 2. The van der Waals surface area contributed by atoms with Crippen molar-refractivity contribution in [3.63, 3.8) is 0 Å². The number of hydrogen-bond donors (Lipinski definition) is 3. The van der Waals surface area contributed by atoms with Crippen molar-refractivity contribution in [2.24, 2.45) is 23.7 Å². The zero-order chi connectivity index (χ0) is 20.8. The van der Waals surface area contributed by atoms with Crippen molar-refractivity contribution in [3.8, 4) is 0 Å². The highest BCUT2D eigenvalue weighted by molar-refractivity contribution is 7.22. The maximum Gasteiger partial charge on any atom is 0.307 e. The highest BCUT2D eigenvalue weighted by Crippen LogP contribution is 2.48. The number of carboxylic acid groups (broad SMARTS) is 1. The van der Waals surface area contributed by atoms with E-state index in [-0.39, 0.29) is 17.7 Å². The number of nitrogens with zero attached hydrogens (tertiary/aromatic N) is 2. The number of anilines is 3. The lowest BCUT2D eigenvalue weighted by Crippen LogP contribution is -2.36. The second kappa shape index (κ2) is 7.17.